The molecule has 148 valence electrons. The van der Waals surface area contributed by atoms with E-state index < -0.39 is 0 Å². The molecule has 0 aliphatic rings. The summed E-state index contributed by atoms with van der Waals surface area (Å²) in [5.74, 6) is 0.574. The van der Waals surface area contributed by atoms with Crippen molar-refractivity contribution >= 4 is 11.6 Å². The summed E-state index contributed by atoms with van der Waals surface area (Å²) >= 11 is 6.35. The van der Waals surface area contributed by atoms with Crippen LogP contribution in [0, 0.1) is 5.82 Å². The van der Waals surface area contributed by atoms with Gasteiger partial charge in [0.05, 0.1) is 18.2 Å². The molecule has 0 unspecified atom stereocenters. The summed E-state index contributed by atoms with van der Waals surface area (Å²) in [6.07, 6.45) is -0.357. The molecule has 0 amide bonds. The predicted molar refractivity (Wildman–Crippen MR) is 105 cm³/mol. The van der Waals surface area contributed by atoms with Gasteiger partial charge in [0.15, 0.2) is 11.5 Å². The molecule has 2 aromatic carbocycles. The Hall–Kier alpha value is -1.86. The van der Waals surface area contributed by atoms with E-state index in [9.17, 15) is 9.50 Å². The van der Waals surface area contributed by atoms with Crippen LogP contribution in [0.5, 0.6) is 11.5 Å². The van der Waals surface area contributed by atoms with Gasteiger partial charge >= 0.3 is 0 Å². The molecule has 0 aliphatic heterocycles. The van der Waals surface area contributed by atoms with Crippen molar-refractivity contribution < 1.29 is 19.0 Å². The van der Waals surface area contributed by atoms with Crippen LogP contribution in [0.15, 0.2) is 36.4 Å². The van der Waals surface area contributed by atoms with Gasteiger partial charge in [-0.3, -0.25) is 0 Å². The van der Waals surface area contributed by atoms with Gasteiger partial charge in [-0.15, -0.1) is 0 Å². The monoisotopic (exact) mass is 396 g/mol. The van der Waals surface area contributed by atoms with E-state index in [2.05, 4.69) is 10.6 Å². The van der Waals surface area contributed by atoms with Gasteiger partial charge in [0.1, 0.15) is 12.4 Å². The molecule has 1 atom stereocenters. The second-order valence-electron chi connectivity index (χ2n) is 6.22. The summed E-state index contributed by atoms with van der Waals surface area (Å²) in [6.45, 7) is 4.48. The van der Waals surface area contributed by atoms with Crippen LogP contribution in [0.2, 0.25) is 5.02 Å². The normalized spacial score (nSPS) is 12.0. The van der Waals surface area contributed by atoms with Crippen molar-refractivity contribution in [1.29, 1.82) is 0 Å². The molecule has 27 heavy (non-hydrogen) atoms. The van der Waals surface area contributed by atoms with Gasteiger partial charge in [-0.1, -0.05) is 29.8 Å². The lowest BCUT2D eigenvalue weighted by atomic mass is 10.2. The van der Waals surface area contributed by atoms with E-state index >= 15 is 0 Å². The molecular weight excluding hydrogens is 371 g/mol. The summed E-state index contributed by atoms with van der Waals surface area (Å²) in [6, 6.07) is 10.1. The number of benzene rings is 2. The van der Waals surface area contributed by atoms with Gasteiger partial charge in [0.25, 0.3) is 0 Å². The van der Waals surface area contributed by atoms with Crippen molar-refractivity contribution in [3.8, 4) is 11.5 Å². The van der Waals surface area contributed by atoms with Gasteiger partial charge in [-0.2, -0.15) is 0 Å². The number of rotatable bonds is 11. The Morgan fingerprint density at radius 1 is 1.19 bits per heavy atom. The van der Waals surface area contributed by atoms with Gasteiger partial charge in [-0.25, -0.2) is 4.39 Å². The molecular formula is C20H26ClFN2O3. The Labute approximate surface area is 164 Å². The summed E-state index contributed by atoms with van der Waals surface area (Å²) in [7, 11) is 1.54. The van der Waals surface area contributed by atoms with Gasteiger partial charge in [0, 0.05) is 31.7 Å². The van der Waals surface area contributed by atoms with Crippen molar-refractivity contribution in [2.45, 2.75) is 26.2 Å². The molecule has 0 fully saturated rings. The minimum absolute atomic E-state index is 0.0648. The summed E-state index contributed by atoms with van der Waals surface area (Å²) < 4.78 is 24.8. The molecule has 2 rings (SSSR count). The molecule has 3 N–H and O–H groups in total. The highest BCUT2D eigenvalue weighted by molar-refractivity contribution is 6.32. The first kappa shape index (κ1) is 21.4. The number of hydrogen-bond donors (Lipinski definition) is 3. The second kappa shape index (κ2) is 11.1. The molecule has 0 saturated heterocycles. The zero-order valence-corrected chi connectivity index (χ0v) is 16.4. The Morgan fingerprint density at radius 3 is 2.63 bits per heavy atom. The van der Waals surface area contributed by atoms with E-state index in [1.165, 1.54) is 6.07 Å². The first-order chi connectivity index (χ1) is 13.0. The van der Waals surface area contributed by atoms with Gasteiger partial charge < -0.3 is 25.2 Å². The van der Waals surface area contributed by atoms with Crippen LogP contribution in [0.25, 0.3) is 0 Å². The smallest absolute Gasteiger partial charge is 0.180 e. The number of aliphatic hydroxyl groups excluding tert-OH is 1. The van der Waals surface area contributed by atoms with Crippen LogP contribution in [0.1, 0.15) is 18.1 Å². The standard InChI is InChI=1S/C20H26ClFN2O3/c1-14(25)11-23-7-8-24-12-15-9-17(21)20(19(10-15)26-2)27-13-16-5-3-4-6-18(16)22/h3-6,9-10,14,23-25H,7-8,11-13H2,1-2H3/t14-/m0/s1. The topological polar surface area (TPSA) is 62.8 Å². The third-order valence-corrected chi connectivity index (χ3v) is 4.15. The highest BCUT2D eigenvalue weighted by Gasteiger charge is 2.13. The summed E-state index contributed by atoms with van der Waals surface area (Å²) in [5.41, 5.74) is 1.40. The Morgan fingerprint density at radius 2 is 1.93 bits per heavy atom. The molecule has 0 saturated carbocycles. The Kier molecular flexibility index (Phi) is 8.81. The van der Waals surface area contributed by atoms with Crippen LogP contribution < -0.4 is 20.1 Å². The highest BCUT2D eigenvalue weighted by atomic mass is 35.5. The van der Waals surface area contributed by atoms with E-state index in [1.54, 1.807) is 38.3 Å². The minimum Gasteiger partial charge on any atom is -0.493 e. The fraction of sp³-hybridized carbons (Fsp3) is 0.400. The molecule has 0 bridgehead atoms. The molecule has 0 aliphatic carbocycles. The third-order valence-electron chi connectivity index (χ3n) is 3.87. The first-order valence-electron chi connectivity index (χ1n) is 8.83. The molecule has 0 heterocycles. The molecule has 7 heteroatoms. The van der Waals surface area contributed by atoms with Crippen molar-refractivity contribution in [2.24, 2.45) is 0 Å². The van der Waals surface area contributed by atoms with E-state index in [4.69, 9.17) is 21.1 Å². The molecule has 5 nitrogen and oxygen atoms in total. The lowest BCUT2D eigenvalue weighted by Gasteiger charge is -2.15. The largest absolute Gasteiger partial charge is 0.493 e. The maximum Gasteiger partial charge on any atom is 0.180 e. The van der Waals surface area contributed by atoms with Crippen LogP contribution in [0.4, 0.5) is 4.39 Å². The van der Waals surface area contributed by atoms with E-state index in [-0.39, 0.29) is 18.5 Å². The van der Waals surface area contributed by atoms with Crippen LogP contribution >= 0.6 is 11.6 Å². The lowest BCUT2D eigenvalue weighted by Crippen LogP contribution is -2.31. The zero-order valence-electron chi connectivity index (χ0n) is 15.6. The SMILES string of the molecule is COc1cc(CNCCNC[C@H](C)O)cc(Cl)c1OCc1ccccc1F. The van der Waals surface area contributed by atoms with E-state index in [1.807, 2.05) is 6.07 Å². The first-order valence-corrected chi connectivity index (χ1v) is 9.21. The third kappa shape index (κ3) is 6.99. The molecule has 0 aromatic heterocycles. The molecule has 2 aromatic rings. The molecule has 0 radical (unpaired) electrons. The zero-order chi connectivity index (χ0) is 19.6. The number of nitrogens with one attached hydrogen (secondary N) is 2. The lowest BCUT2D eigenvalue weighted by molar-refractivity contribution is 0.191. The van der Waals surface area contributed by atoms with Crippen LogP contribution in [-0.2, 0) is 13.2 Å². The fourth-order valence-corrected chi connectivity index (χ4v) is 2.79. The van der Waals surface area contributed by atoms with Crippen molar-refractivity contribution in [3.05, 3.63) is 58.4 Å². The van der Waals surface area contributed by atoms with Crippen molar-refractivity contribution in [2.75, 3.05) is 26.7 Å². The quantitative estimate of drug-likeness (QED) is 0.509. The van der Waals surface area contributed by atoms with Crippen LogP contribution in [-0.4, -0.2) is 38.0 Å². The van der Waals surface area contributed by atoms with E-state index in [0.717, 1.165) is 18.7 Å². The molecule has 0 spiro atoms. The van der Waals surface area contributed by atoms with Gasteiger partial charge in [-0.05, 0) is 30.7 Å². The maximum atomic E-state index is 13.7. The van der Waals surface area contributed by atoms with E-state index in [0.29, 0.717) is 35.2 Å². The Balaban J connectivity index is 1.93. The summed E-state index contributed by atoms with van der Waals surface area (Å²) in [5, 5.41) is 16.0. The van der Waals surface area contributed by atoms with Crippen molar-refractivity contribution in [3.63, 3.8) is 0 Å². The fourth-order valence-electron chi connectivity index (χ4n) is 2.50. The second-order valence-corrected chi connectivity index (χ2v) is 6.63. The number of ether oxygens (including phenoxy) is 2. The average Bonchev–Trinajstić information content (AvgIpc) is 2.64. The number of hydrogen-bond acceptors (Lipinski definition) is 5. The highest BCUT2D eigenvalue weighted by Crippen LogP contribution is 2.37. The van der Waals surface area contributed by atoms with Gasteiger partial charge in [0.2, 0.25) is 0 Å². The number of halogens is 2. The Bertz CT molecular complexity index is 728. The summed E-state index contributed by atoms with van der Waals surface area (Å²) in [4.78, 5) is 0. The average molecular weight is 397 g/mol. The maximum absolute atomic E-state index is 13.7. The predicted octanol–water partition coefficient (Wildman–Crippen LogP) is 3.13. The van der Waals surface area contributed by atoms with Crippen LogP contribution in [0.3, 0.4) is 0 Å². The van der Waals surface area contributed by atoms with Crippen molar-refractivity contribution in [1.82, 2.24) is 10.6 Å². The number of aliphatic hydroxyl groups is 1. The number of methoxy groups -OCH3 is 1. The minimum atomic E-state index is -0.357.